The highest BCUT2D eigenvalue weighted by Gasteiger charge is 2.20. The summed E-state index contributed by atoms with van der Waals surface area (Å²) < 4.78 is 7.74. The Morgan fingerprint density at radius 1 is 1.19 bits per heavy atom. The van der Waals surface area contributed by atoms with Crippen LogP contribution in [0.15, 0.2) is 48.7 Å². The summed E-state index contributed by atoms with van der Waals surface area (Å²) in [4.78, 5) is 19.5. The average molecular weight is 352 g/mol. The van der Waals surface area contributed by atoms with Gasteiger partial charge in [0.05, 0.1) is 17.5 Å². The van der Waals surface area contributed by atoms with E-state index in [1.807, 2.05) is 85.9 Å². The molecule has 2 heterocycles. The van der Waals surface area contributed by atoms with Crippen LogP contribution in [-0.2, 0) is 6.54 Å². The number of ether oxygens (including phenoxy) is 1. The first-order chi connectivity index (χ1) is 12.5. The maximum absolute atomic E-state index is 13.0. The Morgan fingerprint density at radius 2 is 1.92 bits per heavy atom. The normalized spacial score (nSPS) is 11.3. The smallest absolute Gasteiger partial charge is 0.276 e. The molecule has 0 saturated heterocycles. The minimum atomic E-state index is -0.245. The number of hydrogen-bond acceptors (Lipinski definition) is 4. The lowest BCUT2D eigenvalue weighted by molar-refractivity contribution is 0.102. The van der Waals surface area contributed by atoms with Crippen molar-refractivity contribution in [1.82, 2.24) is 14.3 Å². The lowest BCUT2D eigenvalue weighted by Crippen LogP contribution is -2.20. The fourth-order valence-corrected chi connectivity index (χ4v) is 2.79. The van der Waals surface area contributed by atoms with Gasteiger partial charge >= 0.3 is 0 Å². The molecule has 0 unspecified atom stereocenters. The van der Waals surface area contributed by atoms with E-state index in [0.29, 0.717) is 23.7 Å². The van der Waals surface area contributed by atoms with Gasteiger partial charge in [-0.05, 0) is 52.2 Å². The number of benzene rings is 1. The zero-order valence-corrected chi connectivity index (χ0v) is 15.6. The van der Waals surface area contributed by atoms with Gasteiger partial charge in [-0.25, -0.2) is 4.98 Å². The summed E-state index contributed by atoms with van der Waals surface area (Å²) in [5.74, 6) is 0.402. The third kappa shape index (κ3) is 3.86. The van der Waals surface area contributed by atoms with Crippen LogP contribution in [0.4, 0.5) is 5.69 Å². The first-order valence-electron chi connectivity index (χ1n) is 8.63. The molecule has 2 aromatic heterocycles. The average Bonchev–Trinajstić information content (AvgIpc) is 2.94. The molecule has 0 aliphatic rings. The zero-order chi connectivity index (χ0) is 18.7. The van der Waals surface area contributed by atoms with Crippen LogP contribution in [0, 0.1) is 0 Å². The van der Waals surface area contributed by atoms with Gasteiger partial charge in [0.1, 0.15) is 11.4 Å². The molecule has 0 aliphatic heterocycles. The minimum Gasteiger partial charge on any atom is -0.489 e. The Balaban J connectivity index is 1.96. The van der Waals surface area contributed by atoms with Crippen molar-refractivity contribution in [3.63, 3.8) is 0 Å². The van der Waals surface area contributed by atoms with Crippen molar-refractivity contribution < 1.29 is 9.53 Å². The molecule has 136 valence electrons. The van der Waals surface area contributed by atoms with E-state index in [0.717, 1.165) is 11.3 Å². The molecule has 0 fully saturated rings. The molecule has 0 atom stereocenters. The van der Waals surface area contributed by atoms with Gasteiger partial charge in [0.25, 0.3) is 5.91 Å². The van der Waals surface area contributed by atoms with E-state index < -0.39 is 0 Å². The summed E-state index contributed by atoms with van der Waals surface area (Å²) in [6.07, 6.45) is 1.95. The topological polar surface area (TPSA) is 58.9 Å². The minimum absolute atomic E-state index is 0.0209. The van der Waals surface area contributed by atoms with Crippen LogP contribution < -0.4 is 10.1 Å². The maximum Gasteiger partial charge on any atom is 0.276 e. The van der Waals surface area contributed by atoms with Gasteiger partial charge in [-0.1, -0.05) is 18.2 Å². The molecule has 6 nitrogen and oxygen atoms in total. The van der Waals surface area contributed by atoms with Gasteiger partial charge in [-0.2, -0.15) is 0 Å². The molecule has 3 aromatic rings. The highest BCUT2D eigenvalue weighted by atomic mass is 16.5. The van der Waals surface area contributed by atoms with E-state index in [-0.39, 0.29) is 12.0 Å². The van der Waals surface area contributed by atoms with Gasteiger partial charge in [0, 0.05) is 12.7 Å². The van der Waals surface area contributed by atoms with Gasteiger partial charge in [0.15, 0.2) is 5.69 Å². The molecule has 26 heavy (non-hydrogen) atoms. The lowest BCUT2D eigenvalue weighted by Gasteiger charge is -2.15. The van der Waals surface area contributed by atoms with E-state index in [9.17, 15) is 4.79 Å². The van der Waals surface area contributed by atoms with E-state index in [1.165, 1.54) is 0 Å². The third-order valence-corrected chi connectivity index (χ3v) is 3.81. The number of rotatable bonds is 6. The van der Waals surface area contributed by atoms with Crippen molar-refractivity contribution in [2.24, 2.45) is 0 Å². The van der Waals surface area contributed by atoms with Crippen LogP contribution in [-0.4, -0.2) is 40.4 Å². The Morgan fingerprint density at radius 3 is 2.65 bits per heavy atom. The summed E-state index contributed by atoms with van der Waals surface area (Å²) in [7, 11) is 3.94. The summed E-state index contributed by atoms with van der Waals surface area (Å²) in [6.45, 7) is 4.52. The second-order valence-corrected chi connectivity index (χ2v) is 6.69. The quantitative estimate of drug-likeness (QED) is 0.738. The first-order valence-corrected chi connectivity index (χ1v) is 8.63. The number of nitrogens with one attached hydrogen (secondary N) is 1. The molecular weight excluding hydrogens is 328 g/mol. The molecule has 1 aromatic carbocycles. The summed E-state index contributed by atoms with van der Waals surface area (Å²) in [6, 6.07) is 13.2. The van der Waals surface area contributed by atoms with Crippen LogP contribution >= 0.6 is 0 Å². The van der Waals surface area contributed by atoms with E-state index in [1.54, 1.807) is 0 Å². The van der Waals surface area contributed by atoms with Crippen LogP contribution in [0.1, 0.15) is 30.0 Å². The second kappa shape index (κ2) is 7.58. The monoisotopic (exact) mass is 352 g/mol. The van der Waals surface area contributed by atoms with Crippen molar-refractivity contribution in [3.05, 3.63) is 60.0 Å². The standard InChI is InChI=1S/C20H24N4O2/c1-14(2)26-17-10-6-5-9-15(17)21-20(25)19-16(13-23(3)4)24-12-8-7-11-18(24)22-19/h5-12,14H,13H2,1-4H3,(H,21,25). The Bertz CT molecular complexity index is 915. The molecule has 6 heteroatoms. The van der Waals surface area contributed by atoms with Gasteiger partial charge in [-0.15, -0.1) is 0 Å². The molecular formula is C20H24N4O2. The van der Waals surface area contributed by atoms with Crippen LogP contribution in [0.25, 0.3) is 5.65 Å². The van der Waals surface area contributed by atoms with Gasteiger partial charge < -0.3 is 19.4 Å². The number of carbonyl (C=O) groups excluding carboxylic acids is 1. The highest BCUT2D eigenvalue weighted by molar-refractivity contribution is 6.05. The molecule has 0 aliphatic carbocycles. The van der Waals surface area contributed by atoms with Gasteiger partial charge in [-0.3, -0.25) is 4.79 Å². The fraction of sp³-hybridized carbons (Fsp3) is 0.300. The Hall–Kier alpha value is -2.86. The number of hydrogen-bond donors (Lipinski definition) is 1. The number of carbonyl (C=O) groups is 1. The van der Waals surface area contributed by atoms with Crippen molar-refractivity contribution >= 4 is 17.2 Å². The zero-order valence-electron chi connectivity index (χ0n) is 15.6. The van der Waals surface area contributed by atoms with Crippen molar-refractivity contribution in [3.8, 4) is 5.75 Å². The van der Waals surface area contributed by atoms with E-state index in [4.69, 9.17) is 4.74 Å². The lowest BCUT2D eigenvalue weighted by atomic mass is 10.2. The van der Waals surface area contributed by atoms with Crippen molar-refractivity contribution in [1.29, 1.82) is 0 Å². The molecule has 0 bridgehead atoms. The van der Waals surface area contributed by atoms with Crippen LogP contribution in [0.3, 0.4) is 0 Å². The van der Waals surface area contributed by atoms with E-state index in [2.05, 4.69) is 10.3 Å². The largest absolute Gasteiger partial charge is 0.489 e. The number of nitrogens with zero attached hydrogens (tertiary/aromatic N) is 3. The first kappa shape index (κ1) is 17.9. The highest BCUT2D eigenvalue weighted by Crippen LogP contribution is 2.26. The maximum atomic E-state index is 13.0. The second-order valence-electron chi connectivity index (χ2n) is 6.69. The van der Waals surface area contributed by atoms with Gasteiger partial charge in [0.2, 0.25) is 0 Å². The number of imidazole rings is 1. The number of amides is 1. The number of aromatic nitrogens is 2. The van der Waals surface area contributed by atoms with Crippen LogP contribution in [0.5, 0.6) is 5.75 Å². The fourth-order valence-electron chi connectivity index (χ4n) is 2.79. The molecule has 0 radical (unpaired) electrons. The van der Waals surface area contributed by atoms with Crippen molar-refractivity contribution in [2.45, 2.75) is 26.5 Å². The Labute approximate surface area is 153 Å². The molecule has 0 spiro atoms. The predicted octanol–water partition coefficient (Wildman–Crippen LogP) is 3.44. The van der Waals surface area contributed by atoms with E-state index >= 15 is 0 Å². The molecule has 1 amide bonds. The number of fused-ring (bicyclic) bond motifs is 1. The number of anilines is 1. The molecule has 1 N–H and O–H groups in total. The van der Waals surface area contributed by atoms with Crippen molar-refractivity contribution in [2.75, 3.05) is 19.4 Å². The SMILES string of the molecule is CC(C)Oc1ccccc1NC(=O)c1nc2ccccn2c1CN(C)C. The summed E-state index contributed by atoms with van der Waals surface area (Å²) in [5, 5.41) is 2.95. The summed E-state index contributed by atoms with van der Waals surface area (Å²) in [5.41, 5.74) is 2.66. The number of pyridine rings is 1. The van der Waals surface area contributed by atoms with Crippen LogP contribution in [0.2, 0.25) is 0 Å². The summed E-state index contributed by atoms with van der Waals surface area (Å²) >= 11 is 0. The predicted molar refractivity (Wildman–Crippen MR) is 103 cm³/mol. The molecule has 0 saturated carbocycles. The number of para-hydroxylation sites is 2. The third-order valence-electron chi connectivity index (χ3n) is 3.81. The molecule has 3 rings (SSSR count). The Kier molecular flexibility index (Phi) is 5.23.